The van der Waals surface area contributed by atoms with Crippen LogP contribution < -0.4 is 4.74 Å². The molecule has 0 radical (unpaired) electrons. The number of fused-ring (bicyclic) bond motifs is 3. The molecule has 0 fully saturated rings. The molecule has 22 heavy (non-hydrogen) atoms. The Balaban J connectivity index is 2.15. The smallest absolute Gasteiger partial charge is 0.157 e. The summed E-state index contributed by atoms with van der Waals surface area (Å²) in [5, 5.41) is 0.712. The molecule has 2 aliphatic rings. The van der Waals surface area contributed by atoms with Gasteiger partial charge in [0.15, 0.2) is 12.1 Å². The highest BCUT2D eigenvalue weighted by atomic mass is 35.5. The average molecular weight is 339 g/mol. The Morgan fingerprint density at radius 3 is 2.82 bits per heavy atom. The maximum atomic E-state index is 11.9. The summed E-state index contributed by atoms with van der Waals surface area (Å²) in [5.74, 6) is 0.565. The summed E-state index contributed by atoms with van der Waals surface area (Å²) >= 11 is 12.7. The van der Waals surface area contributed by atoms with Gasteiger partial charge in [-0.3, -0.25) is 9.59 Å². The molecule has 2 aliphatic carbocycles. The molecule has 0 aliphatic heterocycles. The van der Waals surface area contributed by atoms with Crippen molar-refractivity contribution in [2.45, 2.75) is 32.6 Å². The summed E-state index contributed by atoms with van der Waals surface area (Å²) in [4.78, 5) is 22.4. The monoisotopic (exact) mass is 338 g/mol. The molecule has 0 bridgehead atoms. The fraction of sp³-hybridized carbons (Fsp3) is 0.412. The summed E-state index contributed by atoms with van der Waals surface area (Å²) in [7, 11) is 0. The molecule has 1 unspecified atom stereocenters. The molecule has 0 N–H and O–H groups in total. The highest BCUT2D eigenvalue weighted by molar-refractivity contribution is 6.44. The van der Waals surface area contributed by atoms with Crippen LogP contribution in [0.4, 0.5) is 0 Å². The summed E-state index contributed by atoms with van der Waals surface area (Å²) in [6, 6.07) is 1.86. The summed E-state index contributed by atoms with van der Waals surface area (Å²) in [5.41, 5.74) is 2.89. The van der Waals surface area contributed by atoms with Crippen LogP contribution in [0.5, 0.6) is 5.75 Å². The number of allylic oxidation sites excluding steroid dienone is 2. The Morgan fingerprint density at radius 1 is 1.36 bits per heavy atom. The van der Waals surface area contributed by atoms with Crippen molar-refractivity contribution in [1.82, 2.24) is 0 Å². The van der Waals surface area contributed by atoms with E-state index in [0.717, 1.165) is 36.0 Å². The van der Waals surface area contributed by atoms with Crippen LogP contribution in [-0.4, -0.2) is 18.7 Å². The number of carbonyl (C=O) groups is 2. The van der Waals surface area contributed by atoms with Gasteiger partial charge in [0.05, 0.1) is 5.02 Å². The van der Waals surface area contributed by atoms with Gasteiger partial charge in [0.1, 0.15) is 17.4 Å². The number of ketones is 1. The Hall–Kier alpha value is -1.32. The molecule has 0 saturated heterocycles. The first kappa shape index (κ1) is 15.6. The minimum atomic E-state index is -0.0606. The standard InChI is InChI=1S/C17H16Cl2O3/c1-2-17-4-3-11(21)8-12(17)14-10(9-17)7-13(22-6-5-20)15(18)16(14)19/h5,7-8H,2-4,6,9H2,1H3. The molecule has 1 atom stereocenters. The second kappa shape index (κ2) is 5.71. The van der Waals surface area contributed by atoms with Gasteiger partial charge in [-0.15, -0.1) is 0 Å². The fourth-order valence-corrected chi connectivity index (χ4v) is 4.09. The van der Waals surface area contributed by atoms with Crippen molar-refractivity contribution >= 4 is 40.8 Å². The first-order chi connectivity index (χ1) is 10.5. The molecular weight excluding hydrogens is 323 g/mol. The highest BCUT2D eigenvalue weighted by Crippen LogP contribution is 2.57. The lowest BCUT2D eigenvalue weighted by Crippen LogP contribution is -2.24. The zero-order valence-electron chi connectivity index (χ0n) is 12.2. The van der Waals surface area contributed by atoms with Crippen molar-refractivity contribution in [1.29, 1.82) is 0 Å². The number of rotatable bonds is 4. The third-order valence-electron chi connectivity index (χ3n) is 4.76. The number of hydrogen-bond donors (Lipinski definition) is 0. The van der Waals surface area contributed by atoms with Crippen LogP contribution in [0.3, 0.4) is 0 Å². The third kappa shape index (κ3) is 2.27. The second-order valence-electron chi connectivity index (χ2n) is 5.85. The van der Waals surface area contributed by atoms with E-state index in [1.165, 1.54) is 0 Å². The molecule has 0 amide bonds. The minimum Gasteiger partial charge on any atom is -0.485 e. The molecule has 1 aromatic carbocycles. The number of halogens is 2. The molecule has 0 saturated carbocycles. The predicted octanol–water partition coefficient (Wildman–Crippen LogP) is 4.27. The van der Waals surface area contributed by atoms with Crippen LogP contribution in [-0.2, 0) is 16.0 Å². The van der Waals surface area contributed by atoms with Crippen molar-refractivity contribution in [3.63, 3.8) is 0 Å². The van der Waals surface area contributed by atoms with E-state index in [2.05, 4.69) is 6.92 Å². The number of ether oxygens (including phenoxy) is 1. The zero-order chi connectivity index (χ0) is 15.9. The van der Waals surface area contributed by atoms with Gasteiger partial charge in [-0.05, 0) is 42.5 Å². The van der Waals surface area contributed by atoms with Crippen LogP contribution in [0.1, 0.15) is 37.3 Å². The molecule has 5 heteroatoms. The van der Waals surface area contributed by atoms with Gasteiger partial charge in [0.2, 0.25) is 0 Å². The van der Waals surface area contributed by atoms with E-state index in [-0.39, 0.29) is 17.8 Å². The largest absolute Gasteiger partial charge is 0.485 e. The van der Waals surface area contributed by atoms with E-state index < -0.39 is 0 Å². The fourth-order valence-electron chi connectivity index (χ4n) is 3.57. The zero-order valence-corrected chi connectivity index (χ0v) is 13.8. The second-order valence-corrected chi connectivity index (χ2v) is 6.61. The van der Waals surface area contributed by atoms with Gasteiger partial charge in [0.25, 0.3) is 0 Å². The highest BCUT2D eigenvalue weighted by Gasteiger charge is 2.44. The quantitative estimate of drug-likeness (QED) is 0.770. The molecule has 1 aromatic rings. The lowest BCUT2D eigenvalue weighted by atomic mass is 9.71. The first-order valence-corrected chi connectivity index (χ1v) is 8.10. The number of benzene rings is 1. The third-order valence-corrected chi connectivity index (χ3v) is 5.61. The first-order valence-electron chi connectivity index (χ1n) is 7.35. The van der Waals surface area contributed by atoms with Crippen LogP contribution in [0.25, 0.3) is 5.57 Å². The Morgan fingerprint density at radius 2 is 2.14 bits per heavy atom. The summed E-state index contributed by atoms with van der Waals surface area (Å²) in [6.07, 6.45) is 5.58. The number of aldehydes is 1. The molecular formula is C17H16Cl2O3. The van der Waals surface area contributed by atoms with Crippen LogP contribution in [0, 0.1) is 5.41 Å². The van der Waals surface area contributed by atoms with Gasteiger partial charge in [0, 0.05) is 17.4 Å². The lowest BCUT2D eigenvalue weighted by molar-refractivity contribution is -0.115. The number of hydrogen-bond acceptors (Lipinski definition) is 3. The topological polar surface area (TPSA) is 43.4 Å². The van der Waals surface area contributed by atoms with E-state index in [9.17, 15) is 9.59 Å². The maximum absolute atomic E-state index is 11.9. The van der Waals surface area contributed by atoms with Crippen LogP contribution in [0.2, 0.25) is 10.0 Å². The van der Waals surface area contributed by atoms with Crippen LogP contribution in [0.15, 0.2) is 12.1 Å². The van der Waals surface area contributed by atoms with E-state index in [0.29, 0.717) is 28.5 Å². The van der Waals surface area contributed by atoms with Crippen molar-refractivity contribution < 1.29 is 14.3 Å². The molecule has 3 rings (SSSR count). The van der Waals surface area contributed by atoms with Gasteiger partial charge >= 0.3 is 0 Å². The molecule has 0 heterocycles. The lowest BCUT2D eigenvalue weighted by Gasteiger charge is -2.32. The summed E-state index contributed by atoms with van der Waals surface area (Å²) < 4.78 is 5.36. The maximum Gasteiger partial charge on any atom is 0.157 e. The average Bonchev–Trinajstić information content (AvgIpc) is 2.83. The SMILES string of the molecule is CCC12CCC(=O)C=C1c1c(cc(OCC=O)c(Cl)c1Cl)C2. The molecule has 0 spiro atoms. The van der Waals surface area contributed by atoms with E-state index in [4.69, 9.17) is 27.9 Å². The molecule has 116 valence electrons. The van der Waals surface area contributed by atoms with Gasteiger partial charge < -0.3 is 4.74 Å². The number of carbonyl (C=O) groups excluding carboxylic acids is 2. The molecule has 0 aromatic heterocycles. The summed E-state index contributed by atoms with van der Waals surface area (Å²) in [6.45, 7) is 2.07. The van der Waals surface area contributed by atoms with E-state index in [1.807, 2.05) is 6.07 Å². The van der Waals surface area contributed by atoms with Crippen molar-refractivity contribution in [3.05, 3.63) is 33.3 Å². The molecule has 3 nitrogen and oxygen atoms in total. The van der Waals surface area contributed by atoms with Crippen molar-refractivity contribution in [2.24, 2.45) is 5.41 Å². The van der Waals surface area contributed by atoms with Gasteiger partial charge in [-0.2, -0.15) is 0 Å². The Bertz CT molecular complexity index is 694. The Kier molecular flexibility index (Phi) is 4.04. The van der Waals surface area contributed by atoms with E-state index in [1.54, 1.807) is 6.08 Å². The van der Waals surface area contributed by atoms with Crippen molar-refractivity contribution in [2.75, 3.05) is 6.61 Å². The van der Waals surface area contributed by atoms with Gasteiger partial charge in [-0.25, -0.2) is 0 Å². The Labute approximate surface area is 139 Å². The van der Waals surface area contributed by atoms with Gasteiger partial charge in [-0.1, -0.05) is 30.1 Å². The van der Waals surface area contributed by atoms with Crippen LogP contribution >= 0.6 is 23.2 Å². The normalized spacial score (nSPS) is 22.9. The predicted molar refractivity (Wildman–Crippen MR) is 86.7 cm³/mol. The van der Waals surface area contributed by atoms with Crippen molar-refractivity contribution in [3.8, 4) is 5.75 Å². The van der Waals surface area contributed by atoms with E-state index >= 15 is 0 Å². The minimum absolute atomic E-state index is 0.0352.